The molecule has 2 aromatic carbocycles. The van der Waals surface area contributed by atoms with Gasteiger partial charge in [0, 0.05) is 5.56 Å². The molecule has 0 spiro atoms. The molecular weight excluding hydrogens is 231 g/mol. The van der Waals surface area contributed by atoms with Crippen molar-refractivity contribution in [1.29, 1.82) is 0 Å². The van der Waals surface area contributed by atoms with E-state index in [0.717, 1.165) is 16.7 Å². The molecule has 0 radical (unpaired) electrons. The minimum Gasteiger partial charge on any atom is -0.457 e. The molecule has 3 heteroatoms. The molecule has 2 aromatic rings. The van der Waals surface area contributed by atoms with Crippen LogP contribution in [0.3, 0.4) is 0 Å². The zero-order chi connectivity index (χ0) is 13.1. The molecule has 0 saturated carbocycles. The topological polar surface area (TPSA) is 29.5 Å². The molecule has 0 aliphatic carbocycles. The van der Waals surface area contributed by atoms with Gasteiger partial charge in [0.15, 0.2) is 0 Å². The summed E-state index contributed by atoms with van der Waals surface area (Å²) in [6, 6.07) is 9.95. The first-order chi connectivity index (χ1) is 8.60. The Morgan fingerprint density at radius 2 is 1.78 bits per heavy atom. The summed E-state index contributed by atoms with van der Waals surface area (Å²) in [5.41, 5.74) is 2.50. The van der Waals surface area contributed by atoms with Crippen molar-refractivity contribution in [3.05, 3.63) is 58.9 Å². The molecule has 0 bridgehead atoms. The van der Waals surface area contributed by atoms with Gasteiger partial charge in [-0.25, -0.2) is 4.39 Å². The number of halogens is 1. The number of aliphatic hydroxyl groups excluding tert-OH is 1. The predicted molar refractivity (Wildman–Crippen MR) is 68.3 cm³/mol. The fraction of sp³-hybridized carbons (Fsp3) is 0.200. The van der Waals surface area contributed by atoms with Crippen LogP contribution in [0.25, 0.3) is 0 Å². The van der Waals surface area contributed by atoms with Gasteiger partial charge >= 0.3 is 0 Å². The summed E-state index contributed by atoms with van der Waals surface area (Å²) >= 11 is 0. The molecule has 0 heterocycles. The first-order valence-electron chi connectivity index (χ1n) is 5.74. The van der Waals surface area contributed by atoms with Crippen LogP contribution in [-0.2, 0) is 6.61 Å². The molecule has 0 aromatic heterocycles. The Balaban J connectivity index is 2.33. The van der Waals surface area contributed by atoms with E-state index in [4.69, 9.17) is 4.74 Å². The summed E-state index contributed by atoms with van der Waals surface area (Å²) in [5, 5.41) is 9.29. The quantitative estimate of drug-likeness (QED) is 0.894. The van der Waals surface area contributed by atoms with Crippen molar-refractivity contribution in [3.8, 4) is 11.5 Å². The fourth-order valence-electron chi connectivity index (χ4n) is 1.78. The largest absolute Gasteiger partial charge is 0.457 e. The van der Waals surface area contributed by atoms with E-state index in [9.17, 15) is 9.50 Å². The van der Waals surface area contributed by atoms with Crippen LogP contribution in [0.2, 0.25) is 0 Å². The number of benzene rings is 2. The Hall–Kier alpha value is -1.87. The highest BCUT2D eigenvalue weighted by molar-refractivity contribution is 5.42. The summed E-state index contributed by atoms with van der Waals surface area (Å²) < 4.78 is 18.7. The first-order valence-corrected chi connectivity index (χ1v) is 5.74. The van der Waals surface area contributed by atoms with Crippen LogP contribution in [0.4, 0.5) is 4.39 Å². The lowest BCUT2D eigenvalue weighted by Gasteiger charge is -2.12. The summed E-state index contributed by atoms with van der Waals surface area (Å²) in [6.45, 7) is 3.65. The zero-order valence-electron chi connectivity index (χ0n) is 10.4. The molecule has 0 fully saturated rings. The number of ether oxygens (including phenoxy) is 1. The average molecular weight is 246 g/mol. The number of aryl methyl sites for hydroxylation is 2. The van der Waals surface area contributed by atoms with Crippen LogP contribution in [0.1, 0.15) is 16.7 Å². The second kappa shape index (κ2) is 5.19. The van der Waals surface area contributed by atoms with E-state index < -0.39 is 0 Å². The normalized spacial score (nSPS) is 10.4. The predicted octanol–water partition coefficient (Wildman–Crippen LogP) is 3.73. The van der Waals surface area contributed by atoms with Crippen LogP contribution in [-0.4, -0.2) is 5.11 Å². The Bertz CT molecular complexity index is 564. The molecule has 2 rings (SSSR count). The van der Waals surface area contributed by atoms with Gasteiger partial charge in [-0.3, -0.25) is 0 Å². The maximum Gasteiger partial charge on any atom is 0.132 e. The fourth-order valence-corrected chi connectivity index (χ4v) is 1.78. The number of rotatable bonds is 3. The van der Waals surface area contributed by atoms with Gasteiger partial charge in [-0.2, -0.15) is 0 Å². The molecule has 0 saturated heterocycles. The van der Waals surface area contributed by atoms with E-state index in [1.807, 2.05) is 25.1 Å². The van der Waals surface area contributed by atoms with Gasteiger partial charge in [0.05, 0.1) is 6.61 Å². The molecular formula is C15H15FO2. The number of aliphatic hydroxyl groups is 1. The van der Waals surface area contributed by atoms with Crippen LogP contribution >= 0.6 is 0 Å². The number of hydrogen-bond acceptors (Lipinski definition) is 2. The standard InChI is InChI=1S/C15H15FO2/c1-10-3-5-15(12(7-10)9-17)18-14-6-4-13(16)8-11(14)2/h3-8,17H,9H2,1-2H3. The van der Waals surface area contributed by atoms with Crippen LogP contribution < -0.4 is 4.74 Å². The number of hydrogen-bond donors (Lipinski definition) is 1. The van der Waals surface area contributed by atoms with Crippen molar-refractivity contribution in [2.75, 3.05) is 0 Å². The van der Waals surface area contributed by atoms with E-state index in [2.05, 4.69) is 0 Å². The summed E-state index contributed by atoms with van der Waals surface area (Å²) in [4.78, 5) is 0. The molecule has 1 N–H and O–H groups in total. The second-order valence-electron chi connectivity index (χ2n) is 4.28. The van der Waals surface area contributed by atoms with Gasteiger partial charge in [-0.1, -0.05) is 17.7 Å². The molecule has 94 valence electrons. The van der Waals surface area contributed by atoms with Gasteiger partial charge in [0.2, 0.25) is 0 Å². The van der Waals surface area contributed by atoms with E-state index in [0.29, 0.717) is 11.5 Å². The van der Waals surface area contributed by atoms with Gasteiger partial charge in [0.1, 0.15) is 17.3 Å². The highest BCUT2D eigenvalue weighted by Gasteiger charge is 2.07. The van der Waals surface area contributed by atoms with Crippen molar-refractivity contribution in [2.45, 2.75) is 20.5 Å². The molecule has 0 amide bonds. The van der Waals surface area contributed by atoms with E-state index in [1.165, 1.54) is 12.1 Å². The van der Waals surface area contributed by atoms with E-state index in [1.54, 1.807) is 13.0 Å². The minimum atomic E-state index is -0.286. The minimum absolute atomic E-state index is 0.0861. The molecule has 0 aliphatic heterocycles. The summed E-state index contributed by atoms with van der Waals surface area (Å²) in [7, 11) is 0. The van der Waals surface area contributed by atoms with Crippen molar-refractivity contribution in [2.24, 2.45) is 0 Å². The second-order valence-corrected chi connectivity index (χ2v) is 4.28. The lowest BCUT2D eigenvalue weighted by atomic mass is 10.1. The zero-order valence-corrected chi connectivity index (χ0v) is 10.4. The Morgan fingerprint density at radius 3 is 2.44 bits per heavy atom. The Morgan fingerprint density at radius 1 is 1.06 bits per heavy atom. The highest BCUT2D eigenvalue weighted by Crippen LogP contribution is 2.29. The van der Waals surface area contributed by atoms with Crippen molar-refractivity contribution < 1.29 is 14.2 Å². The van der Waals surface area contributed by atoms with Gasteiger partial charge < -0.3 is 9.84 Å². The van der Waals surface area contributed by atoms with Crippen molar-refractivity contribution in [3.63, 3.8) is 0 Å². The third-order valence-corrected chi connectivity index (χ3v) is 2.74. The van der Waals surface area contributed by atoms with Gasteiger partial charge in [-0.05, 0) is 43.7 Å². The van der Waals surface area contributed by atoms with Gasteiger partial charge in [0.25, 0.3) is 0 Å². The molecule has 18 heavy (non-hydrogen) atoms. The molecule has 2 nitrogen and oxygen atoms in total. The van der Waals surface area contributed by atoms with E-state index >= 15 is 0 Å². The Labute approximate surface area is 106 Å². The van der Waals surface area contributed by atoms with Crippen LogP contribution in [0.15, 0.2) is 36.4 Å². The first kappa shape index (κ1) is 12.6. The Kier molecular flexibility index (Phi) is 3.63. The monoisotopic (exact) mass is 246 g/mol. The summed E-state index contributed by atoms with van der Waals surface area (Å²) in [5.74, 6) is 0.902. The average Bonchev–Trinajstić information content (AvgIpc) is 2.34. The molecule has 0 atom stereocenters. The molecule has 0 aliphatic rings. The van der Waals surface area contributed by atoms with E-state index in [-0.39, 0.29) is 12.4 Å². The van der Waals surface area contributed by atoms with Crippen LogP contribution in [0.5, 0.6) is 11.5 Å². The third-order valence-electron chi connectivity index (χ3n) is 2.74. The van der Waals surface area contributed by atoms with Crippen molar-refractivity contribution >= 4 is 0 Å². The maximum atomic E-state index is 13.0. The third kappa shape index (κ3) is 2.68. The van der Waals surface area contributed by atoms with Gasteiger partial charge in [-0.15, -0.1) is 0 Å². The smallest absolute Gasteiger partial charge is 0.132 e. The highest BCUT2D eigenvalue weighted by atomic mass is 19.1. The maximum absolute atomic E-state index is 13.0. The lowest BCUT2D eigenvalue weighted by Crippen LogP contribution is -1.94. The van der Waals surface area contributed by atoms with Crippen LogP contribution in [0, 0.1) is 19.7 Å². The lowest BCUT2D eigenvalue weighted by molar-refractivity contribution is 0.276. The molecule has 0 unspecified atom stereocenters. The summed E-state index contributed by atoms with van der Waals surface area (Å²) in [6.07, 6.45) is 0. The van der Waals surface area contributed by atoms with Crippen molar-refractivity contribution in [1.82, 2.24) is 0 Å². The SMILES string of the molecule is Cc1ccc(Oc2ccc(F)cc2C)c(CO)c1.